The predicted molar refractivity (Wildman–Crippen MR) is 72.6 cm³/mol. The van der Waals surface area contributed by atoms with Crippen molar-refractivity contribution in [1.82, 2.24) is 10.2 Å². The van der Waals surface area contributed by atoms with Crippen LogP contribution in [-0.2, 0) is 9.59 Å². The molecule has 0 aromatic carbocycles. The van der Waals surface area contributed by atoms with Crippen LogP contribution in [0.1, 0.15) is 47.5 Å². The van der Waals surface area contributed by atoms with E-state index in [-0.39, 0.29) is 17.1 Å². The summed E-state index contributed by atoms with van der Waals surface area (Å²) in [5, 5.41) is 2.66. The number of hydrogen-bond acceptors (Lipinski definition) is 3. The monoisotopic (exact) mass is 274 g/mol. The largest absolute Gasteiger partial charge is 0.332 e. The molecule has 1 rings (SSSR count). The summed E-state index contributed by atoms with van der Waals surface area (Å²) in [6, 6.07) is 0.0523. The van der Waals surface area contributed by atoms with Crippen molar-refractivity contribution in [2.24, 2.45) is 0 Å². The van der Waals surface area contributed by atoms with Crippen LogP contribution in [0.25, 0.3) is 0 Å². The van der Waals surface area contributed by atoms with Crippen molar-refractivity contribution in [3.05, 3.63) is 0 Å². The third-order valence-corrected chi connectivity index (χ3v) is 3.54. The molecule has 1 aliphatic rings. The molecule has 1 fully saturated rings. The smallest absolute Gasteiger partial charge is 0.310 e. The van der Waals surface area contributed by atoms with Gasteiger partial charge in [-0.05, 0) is 59.1 Å². The quantitative estimate of drug-likeness (QED) is 0.632. The SMILES string of the molecule is CCN(C(=O)C(=O)Cl)C1CC(C)(C)NC(C)(C)C1. The third-order valence-electron chi connectivity index (χ3n) is 3.38. The van der Waals surface area contributed by atoms with Crippen molar-refractivity contribution in [3.8, 4) is 0 Å². The van der Waals surface area contributed by atoms with Crippen molar-refractivity contribution in [1.29, 1.82) is 0 Å². The molecule has 1 saturated heterocycles. The van der Waals surface area contributed by atoms with E-state index < -0.39 is 11.1 Å². The van der Waals surface area contributed by atoms with Crippen LogP contribution in [0.5, 0.6) is 0 Å². The molecule has 1 N–H and O–H groups in total. The van der Waals surface area contributed by atoms with Gasteiger partial charge in [-0.25, -0.2) is 0 Å². The molecule has 4 nitrogen and oxygen atoms in total. The molecule has 0 spiro atoms. The minimum Gasteiger partial charge on any atom is -0.332 e. The molecule has 18 heavy (non-hydrogen) atoms. The molecule has 1 heterocycles. The number of amides is 1. The second kappa shape index (κ2) is 5.17. The third kappa shape index (κ3) is 3.69. The van der Waals surface area contributed by atoms with Crippen molar-refractivity contribution >= 4 is 22.8 Å². The summed E-state index contributed by atoms with van der Waals surface area (Å²) in [7, 11) is 0. The van der Waals surface area contributed by atoms with Crippen LogP contribution in [0.2, 0.25) is 0 Å². The standard InChI is InChI=1S/C13H23ClN2O2/c1-6-16(11(18)10(14)17)9-7-12(2,3)15-13(4,5)8-9/h9,15H,6-8H2,1-5H3. The Morgan fingerprint density at radius 1 is 1.22 bits per heavy atom. The summed E-state index contributed by atoms with van der Waals surface area (Å²) in [5.74, 6) is -0.585. The summed E-state index contributed by atoms with van der Waals surface area (Å²) in [5.41, 5.74) is -0.120. The first-order chi connectivity index (χ1) is 8.08. The average Bonchev–Trinajstić information content (AvgIpc) is 2.13. The van der Waals surface area contributed by atoms with Crippen LogP contribution in [0.4, 0.5) is 0 Å². The highest BCUT2D eigenvalue weighted by Crippen LogP contribution is 2.31. The zero-order valence-electron chi connectivity index (χ0n) is 11.8. The molecule has 0 saturated carbocycles. The number of likely N-dealkylation sites (N-methyl/N-ethyl adjacent to an activating group) is 1. The first-order valence-corrected chi connectivity index (χ1v) is 6.75. The van der Waals surface area contributed by atoms with E-state index in [4.69, 9.17) is 11.6 Å². The Morgan fingerprint density at radius 3 is 2.00 bits per heavy atom. The van der Waals surface area contributed by atoms with Crippen LogP contribution < -0.4 is 5.32 Å². The first-order valence-electron chi connectivity index (χ1n) is 6.38. The Hall–Kier alpha value is -0.610. The molecule has 0 unspecified atom stereocenters. The van der Waals surface area contributed by atoms with Gasteiger partial charge >= 0.3 is 11.1 Å². The molecular formula is C13H23ClN2O2. The molecule has 0 bridgehead atoms. The number of hydrogen-bond donors (Lipinski definition) is 1. The van der Waals surface area contributed by atoms with Crippen LogP contribution in [-0.4, -0.2) is 39.7 Å². The highest BCUT2D eigenvalue weighted by Gasteiger charge is 2.41. The second-order valence-corrected chi connectivity index (χ2v) is 6.66. The van der Waals surface area contributed by atoms with Gasteiger partial charge in [0, 0.05) is 23.7 Å². The summed E-state index contributed by atoms with van der Waals surface area (Å²) >= 11 is 5.32. The van der Waals surface area contributed by atoms with Gasteiger partial charge in [-0.15, -0.1) is 0 Å². The Morgan fingerprint density at radius 2 is 1.67 bits per heavy atom. The van der Waals surface area contributed by atoms with Gasteiger partial charge in [-0.2, -0.15) is 0 Å². The fraction of sp³-hybridized carbons (Fsp3) is 0.846. The lowest BCUT2D eigenvalue weighted by molar-refractivity contribution is -0.143. The van der Waals surface area contributed by atoms with Gasteiger partial charge in [0.1, 0.15) is 0 Å². The Balaban J connectivity index is 2.92. The Labute approximate surface area is 114 Å². The number of carbonyl (C=O) groups is 2. The van der Waals surface area contributed by atoms with Crippen molar-refractivity contribution in [2.45, 2.75) is 64.6 Å². The Kier molecular flexibility index (Phi) is 4.44. The van der Waals surface area contributed by atoms with Gasteiger partial charge in [0.2, 0.25) is 0 Å². The molecule has 0 aromatic rings. The van der Waals surface area contributed by atoms with Gasteiger partial charge in [0.25, 0.3) is 0 Å². The number of rotatable bonds is 3. The Bertz CT molecular complexity index is 337. The summed E-state index contributed by atoms with van der Waals surface area (Å²) in [6.07, 6.45) is 1.64. The molecule has 0 atom stereocenters. The normalized spacial score (nSPS) is 22.6. The van der Waals surface area contributed by atoms with Gasteiger partial charge < -0.3 is 10.2 Å². The fourth-order valence-corrected chi connectivity index (χ4v) is 3.28. The maximum atomic E-state index is 11.8. The summed E-state index contributed by atoms with van der Waals surface area (Å²) in [6.45, 7) is 10.8. The zero-order valence-corrected chi connectivity index (χ0v) is 12.6. The highest BCUT2D eigenvalue weighted by atomic mass is 35.5. The molecule has 104 valence electrons. The number of nitrogens with one attached hydrogen (secondary N) is 1. The average molecular weight is 275 g/mol. The number of nitrogens with zero attached hydrogens (tertiary/aromatic N) is 1. The lowest BCUT2D eigenvalue weighted by atomic mass is 9.79. The highest BCUT2D eigenvalue weighted by molar-refractivity contribution is 6.80. The van der Waals surface area contributed by atoms with E-state index in [9.17, 15) is 9.59 Å². The van der Waals surface area contributed by atoms with Crippen molar-refractivity contribution in [3.63, 3.8) is 0 Å². The van der Waals surface area contributed by atoms with E-state index in [0.29, 0.717) is 6.54 Å². The van der Waals surface area contributed by atoms with E-state index in [2.05, 4.69) is 33.0 Å². The van der Waals surface area contributed by atoms with Gasteiger partial charge in [-0.1, -0.05) is 0 Å². The van der Waals surface area contributed by atoms with Crippen LogP contribution in [0.3, 0.4) is 0 Å². The minimum absolute atomic E-state index is 0.0523. The van der Waals surface area contributed by atoms with Crippen LogP contribution in [0, 0.1) is 0 Å². The van der Waals surface area contributed by atoms with Gasteiger partial charge in [0.05, 0.1) is 0 Å². The lowest BCUT2D eigenvalue weighted by Gasteiger charge is -2.49. The minimum atomic E-state index is -0.897. The molecule has 0 aliphatic carbocycles. The summed E-state index contributed by atoms with van der Waals surface area (Å²) in [4.78, 5) is 24.5. The van der Waals surface area contributed by atoms with E-state index in [0.717, 1.165) is 12.8 Å². The first kappa shape index (κ1) is 15.4. The fourth-order valence-electron chi connectivity index (χ4n) is 3.17. The maximum Gasteiger partial charge on any atom is 0.310 e. The van der Waals surface area contributed by atoms with Crippen molar-refractivity contribution in [2.75, 3.05) is 6.54 Å². The number of carbonyl (C=O) groups excluding carboxylic acids is 2. The van der Waals surface area contributed by atoms with Gasteiger partial charge in [-0.3, -0.25) is 9.59 Å². The van der Waals surface area contributed by atoms with Crippen LogP contribution >= 0.6 is 11.6 Å². The van der Waals surface area contributed by atoms with E-state index in [1.165, 1.54) is 0 Å². The van der Waals surface area contributed by atoms with Crippen molar-refractivity contribution < 1.29 is 9.59 Å². The van der Waals surface area contributed by atoms with E-state index in [1.807, 2.05) is 6.92 Å². The number of halogens is 1. The molecule has 1 aliphatic heterocycles. The molecular weight excluding hydrogens is 252 g/mol. The number of piperidine rings is 1. The van der Waals surface area contributed by atoms with E-state index in [1.54, 1.807) is 4.90 Å². The topological polar surface area (TPSA) is 49.4 Å². The van der Waals surface area contributed by atoms with E-state index >= 15 is 0 Å². The summed E-state index contributed by atoms with van der Waals surface area (Å²) < 4.78 is 0. The molecule has 1 amide bonds. The maximum absolute atomic E-state index is 11.8. The van der Waals surface area contributed by atoms with Gasteiger partial charge in [0.15, 0.2) is 0 Å². The zero-order chi connectivity index (χ0) is 14.1. The molecule has 5 heteroatoms. The lowest BCUT2D eigenvalue weighted by Crippen LogP contribution is -2.63. The molecule has 0 radical (unpaired) electrons. The molecule has 0 aromatic heterocycles. The second-order valence-electron chi connectivity index (χ2n) is 6.32. The predicted octanol–water partition coefficient (Wildman–Crippen LogP) is 1.91. The van der Waals surface area contributed by atoms with Crippen LogP contribution in [0.15, 0.2) is 0 Å².